The van der Waals surface area contributed by atoms with Gasteiger partial charge >= 0.3 is 0 Å². The first kappa shape index (κ1) is 23.7. The van der Waals surface area contributed by atoms with Gasteiger partial charge < -0.3 is 15.3 Å². The first-order valence-corrected chi connectivity index (χ1v) is 12.1. The number of aliphatic hydroxyl groups excluding tert-OH is 2. The average molecular weight is 439 g/mol. The van der Waals surface area contributed by atoms with Gasteiger partial charge in [0.15, 0.2) is 0 Å². The Balaban J connectivity index is 1.77. The van der Waals surface area contributed by atoms with E-state index in [4.69, 9.17) is 0 Å². The van der Waals surface area contributed by atoms with Crippen LogP contribution >= 0.6 is 11.3 Å². The second-order valence-electron chi connectivity index (χ2n) is 8.15. The smallest absolute Gasteiger partial charge is 0.0891 e. The van der Waals surface area contributed by atoms with E-state index in [1.54, 1.807) is 0 Å². The van der Waals surface area contributed by atoms with E-state index >= 15 is 0 Å². The van der Waals surface area contributed by atoms with Crippen molar-refractivity contribution in [3.05, 3.63) is 81.2 Å². The van der Waals surface area contributed by atoms with Crippen LogP contribution in [0.25, 0.3) is 10.4 Å². The van der Waals surface area contributed by atoms with Gasteiger partial charge in [0.25, 0.3) is 0 Å². The molecule has 0 aliphatic rings. The van der Waals surface area contributed by atoms with Crippen molar-refractivity contribution in [1.82, 2.24) is 0 Å². The lowest BCUT2D eigenvalue weighted by atomic mass is 9.86. The number of hydrogen-bond acceptors (Lipinski definition) is 4. The maximum Gasteiger partial charge on any atom is 0.0891 e. The topological polar surface area (TPSA) is 60.7 Å². The molecule has 3 N–H and O–H groups in total. The van der Waals surface area contributed by atoms with Gasteiger partial charge in [0.1, 0.15) is 0 Å². The first-order chi connectivity index (χ1) is 15.0. The van der Waals surface area contributed by atoms with Gasteiger partial charge in [-0.1, -0.05) is 57.2 Å². The first-order valence-electron chi connectivity index (χ1n) is 11.2. The number of hydrogen-bond donors (Lipinski definition) is 3. The molecule has 2 aromatic carbocycles. The van der Waals surface area contributed by atoms with Gasteiger partial charge in [-0.2, -0.15) is 0 Å². The molecule has 0 aliphatic carbocycles. The van der Waals surface area contributed by atoms with Crippen LogP contribution in [-0.2, 0) is 38.1 Å². The Hall–Kier alpha value is -1.98. The Kier molecular flexibility index (Phi) is 8.06. The molecule has 0 bridgehead atoms. The number of rotatable bonds is 10. The zero-order valence-corrected chi connectivity index (χ0v) is 19.6. The molecule has 0 amide bonds. The Morgan fingerprint density at radius 1 is 0.774 bits per heavy atom. The van der Waals surface area contributed by atoms with Gasteiger partial charge in [-0.05, 0) is 77.6 Å². The highest BCUT2D eigenvalue weighted by atomic mass is 32.1. The number of aryl methyl sites for hydroxylation is 3. The fraction of sp³-hybridized carbons (Fsp3) is 0.407. The molecule has 0 spiro atoms. The molecule has 0 aliphatic heterocycles. The second-order valence-corrected chi connectivity index (χ2v) is 9.32. The molecular formula is C27H34O3S. The third-order valence-electron chi connectivity index (χ3n) is 6.39. The molecule has 4 heteroatoms. The van der Waals surface area contributed by atoms with E-state index < -0.39 is 5.60 Å². The predicted molar refractivity (Wildman–Crippen MR) is 129 cm³/mol. The molecular weight excluding hydrogens is 404 g/mol. The zero-order valence-electron chi connectivity index (χ0n) is 18.8. The van der Waals surface area contributed by atoms with E-state index in [1.807, 2.05) is 43.4 Å². The van der Waals surface area contributed by atoms with Crippen LogP contribution in [0.2, 0.25) is 0 Å². The number of thiophene rings is 1. The lowest BCUT2D eigenvalue weighted by molar-refractivity contribution is 0.0283. The summed E-state index contributed by atoms with van der Waals surface area (Å²) in [7, 11) is 0. The van der Waals surface area contributed by atoms with Crippen LogP contribution in [0.1, 0.15) is 66.3 Å². The largest absolute Gasteiger partial charge is 0.392 e. The molecule has 1 heterocycles. The van der Waals surface area contributed by atoms with E-state index in [9.17, 15) is 15.3 Å². The van der Waals surface area contributed by atoms with Crippen molar-refractivity contribution in [2.45, 2.75) is 71.7 Å². The minimum absolute atomic E-state index is 0.0447. The Bertz CT molecular complexity index is 1000. The molecule has 0 fully saturated rings. The SMILES string of the molecule is CCc1cc(C(O)(CC)CC)ccc1-c1ccc(CCc2ccc(CO)c(CO)c2)s1. The van der Waals surface area contributed by atoms with Crippen molar-refractivity contribution in [1.29, 1.82) is 0 Å². The van der Waals surface area contributed by atoms with Gasteiger partial charge in [-0.15, -0.1) is 11.3 Å². The van der Waals surface area contributed by atoms with Crippen molar-refractivity contribution < 1.29 is 15.3 Å². The highest BCUT2D eigenvalue weighted by Gasteiger charge is 2.25. The van der Waals surface area contributed by atoms with Crippen LogP contribution in [0.3, 0.4) is 0 Å². The van der Waals surface area contributed by atoms with E-state index in [0.29, 0.717) is 12.8 Å². The van der Waals surface area contributed by atoms with Crippen molar-refractivity contribution in [2.24, 2.45) is 0 Å². The lowest BCUT2D eigenvalue weighted by Gasteiger charge is -2.27. The normalized spacial score (nSPS) is 11.8. The summed E-state index contributed by atoms with van der Waals surface area (Å²) in [6.45, 7) is 6.15. The maximum absolute atomic E-state index is 10.9. The Labute approximate surface area is 190 Å². The summed E-state index contributed by atoms with van der Waals surface area (Å²) in [4.78, 5) is 2.60. The average Bonchev–Trinajstić information content (AvgIpc) is 3.30. The zero-order chi connectivity index (χ0) is 22.4. The highest BCUT2D eigenvalue weighted by molar-refractivity contribution is 7.15. The standard InChI is InChI=1S/C27H34O3S/c1-4-20-16-23(27(30,5-2)6-3)10-13-25(20)26-14-12-24(31-26)11-8-19-7-9-21(17-28)22(15-19)18-29/h7,9-10,12-16,28-30H,4-6,8,11,17-18H2,1-3H3. The quantitative estimate of drug-likeness (QED) is 0.377. The third kappa shape index (κ3) is 5.27. The molecule has 0 saturated heterocycles. The summed E-state index contributed by atoms with van der Waals surface area (Å²) in [6, 6.07) is 16.8. The van der Waals surface area contributed by atoms with Crippen LogP contribution in [-0.4, -0.2) is 15.3 Å². The number of benzene rings is 2. The van der Waals surface area contributed by atoms with Gasteiger partial charge in [0.05, 0.1) is 18.8 Å². The summed E-state index contributed by atoms with van der Waals surface area (Å²) >= 11 is 1.83. The Morgan fingerprint density at radius 3 is 2.16 bits per heavy atom. The third-order valence-corrected chi connectivity index (χ3v) is 7.57. The van der Waals surface area contributed by atoms with Crippen LogP contribution in [0.5, 0.6) is 0 Å². The molecule has 0 saturated carbocycles. The fourth-order valence-corrected chi connectivity index (χ4v) is 5.20. The molecule has 3 aromatic rings. The second kappa shape index (κ2) is 10.6. The molecule has 166 valence electrons. The molecule has 3 nitrogen and oxygen atoms in total. The minimum atomic E-state index is -0.748. The monoisotopic (exact) mass is 438 g/mol. The van der Waals surface area contributed by atoms with Crippen molar-refractivity contribution in [3.63, 3.8) is 0 Å². The minimum Gasteiger partial charge on any atom is -0.392 e. The molecule has 31 heavy (non-hydrogen) atoms. The summed E-state index contributed by atoms with van der Waals surface area (Å²) in [6.07, 6.45) is 4.21. The van der Waals surface area contributed by atoms with Crippen LogP contribution in [0.4, 0.5) is 0 Å². The highest BCUT2D eigenvalue weighted by Crippen LogP contribution is 2.36. The van der Waals surface area contributed by atoms with E-state index in [0.717, 1.165) is 36.0 Å². The molecule has 1 aromatic heterocycles. The Morgan fingerprint density at radius 2 is 1.52 bits per heavy atom. The van der Waals surface area contributed by atoms with Crippen LogP contribution < -0.4 is 0 Å². The summed E-state index contributed by atoms with van der Waals surface area (Å²) in [5.74, 6) is 0. The molecule has 0 atom stereocenters. The summed E-state index contributed by atoms with van der Waals surface area (Å²) < 4.78 is 0. The van der Waals surface area contributed by atoms with Crippen molar-refractivity contribution in [2.75, 3.05) is 0 Å². The van der Waals surface area contributed by atoms with E-state index in [1.165, 1.54) is 26.4 Å². The molecule has 0 radical (unpaired) electrons. The maximum atomic E-state index is 10.9. The lowest BCUT2D eigenvalue weighted by Crippen LogP contribution is -2.23. The van der Waals surface area contributed by atoms with Gasteiger partial charge in [-0.25, -0.2) is 0 Å². The van der Waals surface area contributed by atoms with E-state index in [2.05, 4.69) is 37.3 Å². The van der Waals surface area contributed by atoms with Gasteiger partial charge in [-0.3, -0.25) is 0 Å². The van der Waals surface area contributed by atoms with Crippen molar-refractivity contribution in [3.8, 4) is 10.4 Å². The van der Waals surface area contributed by atoms with Gasteiger partial charge in [0.2, 0.25) is 0 Å². The van der Waals surface area contributed by atoms with Crippen LogP contribution in [0.15, 0.2) is 48.5 Å². The van der Waals surface area contributed by atoms with E-state index in [-0.39, 0.29) is 13.2 Å². The van der Waals surface area contributed by atoms with Gasteiger partial charge in [0, 0.05) is 9.75 Å². The molecule has 3 rings (SSSR count). The summed E-state index contributed by atoms with van der Waals surface area (Å²) in [5, 5.41) is 29.8. The van der Waals surface area contributed by atoms with Crippen molar-refractivity contribution >= 4 is 11.3 Å². The number of aliphatic hydroxyl groups is 3. The molecule has 0 unspecified atom stereocenters. The van der Waals surface area contributed by atoms with Crippen LogP contribution in [0, 0.1) is 0 Å². The summed E-state index contributed by atoms with van der Waals surface area (Å²) in [5.41, 5.74) is 5.57. The predicted octanol–water partition coefficient (Wildman–Crippen LogP) is 5.75. The fourth-order valence-electron chi connectivity index (χ4n) is 4.14.